The van der Waals surface area contributed by atoms with E-state index in [1.54, 1.807) is 6.08 Å². The predicted octanol–water partition coefficient (Wildman–Crippen LogP) is 3.74. The highest BCUT2D eigenvalue weighted by atomic mass is 16.5. The molecular formula is C19H21NO3. The SMILES string of the molecule is CC(=O)OC/C=C/C(c1ccccc1)N(O)Cc1ccccc1. The van der Waals surface area contributed by atoms with Gasteiger partial charge in [0.25, 0.3) is 0 Å². The monoisotopic (exact) mass is 311 g/mol. The average molecular weight is 311 g/mol. The third-order valence-corrected chi connectivity index (χ3v) is 3.35. The molecule has 1 unspecified atom stereocenters. The lowest BCUT2D eigenvalue weighted by atomic mass is 10.1. The molecule has 4 heteroatoms. The molecule has 0 heterocycles. The van der Waals surface area contributed by atoms with E-state index in [-0.39, 0.29) is 18.6 Å². The Hall–Kier alpha value is -2.43. The summed E-state index contributed by atoms with van der Waals surface area (Å²) in [6.45, 7) is 1.96. The molecule has 0 spiro atoms. The number of rotatable bonds is 7. The molecule has 1 atom stereocenters. The van der Waals surface area contributed by atoms with Crippen LogP contribution in [0.5, 0.6) is 0 Å². The summed E-state index contributed by atoms with van der Waals surface area (Å²) in [7, 11) is 0. The van der Waals surface area contributed by atoms with Crippen molar-refractivity contribution in [3.05, 3.63) is 83.9 Å². The van der Waals surface area contributed by atoms with Gasteiger partial charge in [-0.3, -0.25) is 4.79 Å². The Morgan fingerprint density at radius 3 is 2.35 bits per heavy atom. The number of nitrogens with zero attached hydrogens (tertiary/aromatic N) is 1. The van der Waals surface area contributed by atoms with Crippen LogP contribution in [0.25, 0.3) is 0 Å². The maximum absolute atomic E-state index is 10.8. The molecule has 0 bridgehead atoms. The average Bonchev–Trinajstić information content (AvgIpc) is 2.56. The normalized spacial score (nSPS) is 12.5. The third kappa shape index (κ3) is 5.70. The standard InChI is InChI=1S/C19H21NO3/c1-16(21)23-14-8-13-19(18-11-6-3-7-12-18)20(22)15-17-9-4-2-5-10-17/h2-13,19,22H,14-15H2,1H3/b13-8+. The molecule has 0 saturated heterocycles. The van der Waals surface area contributed by atoms with Crippen LogP contribution < -0.4 is 0 Å². The summed E-state index contributed by atoms with van der Waals surface area (Å²) < 4.78 is 4.90. The van der Waals surface area contributed by atoms with Crippen LogP contribution in [-0.4, -0.2) is 22.8 Å². The topological polar surface area (TPSA) is 49.8 Å². The lowest BCUT2D eigenvalue weighted by Gasteiger charge is -2.24. The molecule has 0 aliphatic carbocycles. The van der Waals surface area contributed by atoms with Crippen molar-refractivity contribution in [3.8, 4) is 0 Å². The van der Waals surface area contributed by atoms with Crippen LogP contribution in [0, 0.1) is 0 Å². The quantitative estimate of drug-likeness (QED) is 0.481. The molecule has 120 valence electrons. The molecule has 4 nitrogen and oxygen atoms in total. The molecule has 0 fully saturated rings. The van der Waals surface area contributed by atoms with E-state index in [4.69, 9.17) is 4.74 Å². The summed E-state index contributed by atoms with van der Waals surface area (Å²) in [6.07, 6.45) is 3.58. The number of hydroxylamine groups is 2. The van der Waals surface area contributed by atoms with Gasteiger partial charge < -0.3 is 9.94 Å². The second kappa shape index (κ2) is 8.88. The fourth-order valence-electron chi connectivity index (χ4n) is 2.25. The summed E-state index contributed by atoms with van der Waals surface area (Å²) in [4.78, 5) is 10.8. The van der Waals surface area contributed by atoms with Crippen molar-refractivity contribution in [1.29, 1.82) is 0 Å². The minimum Gasteiger partial charge on any atom is -0.462 e. The first-order chi connectivity index (χ1) is 11.2. The van der Waals surface area contributed by atoms with Gasteiger partial charge in [0.15, 0.2) is 0 Å². The summed E-state index contributed by atoms with van der Waals surface area (Å²) in [5, 5.41) is 11.8. The zero-order valence-electron chi connectivity index (χ0n) is 13.1. The van der Waals surface area contributed by atoms with E-state index in [0.29, 0.717) is 6.54 Å². The molecule has 2 aromatic carbocycles. The van der Waals surface area contributed by atoms with E-state index in [0.717, 1.165) is 11.1 Å². The highest BCUT2D eigenvalue weighted by Gasteiger charge is 2.16. The molecular weight excluding hydrogens is 290 g/mol. The van der Waals surface area contributed by atoms with Gasteiger partial charge in [0.1, 0.15) is 6.61 Å². The first-order valence-electron chi connectivity index (χ1n) is 7.51. The summed E-state index contributed by atoms with van der Waals surface area (Å²) >= 11 is 0. The molecule has 2 aromatic rings. The number of hydrogen-bond acceptors (Lipinski definition) is 4. The maximum Gasteiger partial charge on any atom is 0.302 e. The first-order valence-corrected chi connectivity index (χ1v) is 7.51. The zero-order valence-corrected chi connectivity index (χ0v) is 13.1. The number of ether oxygens (including phenoxy) is 1. The fourth-order valence-corrected chi connectivity index (χ4v) is 2.25. The molecule has 0 saturated carbocycles. The van der Waals surface area contributed by atoms with E-state index in [1.165, 1.54) is 12.0 Å². The summed E-state index contributed by atoms with van der Waals surface area (Å²) in [5.41, 5.74) is 1.98. The minimum atomic E-state index is -0.323. The minimum absolute atomic E-state index is 0.192. The van der Waals surface area contributed by atoms with Crippen molar-refractivity contribution < 1.29 is 14.7 Å². The number of carbonyl (C=O) groups is 1. The highest BCUT2D eigenvalue weighted by Crippen LogP contribution is 2.22. The van der Waals surface area contributed by atoms with Crippen molar-refractivity contribution >= 4 is 5.97 Å². The van der Waals surface area contributed by atoms with Gasteiger partial charge in [-0.25, -0.2) is 0 Å². The van der Waals surface area contributed by atoms with Crippen LogP contribution in [0.15, 0.2) is 72.8 Å². The predicted molar refractivity (Wildman–Crippen MR) is 88.7 cm³/mol. The van der Waals surface area contributed by atoms with Gasteiger partial charge in [-0.2, -0.15) is 5.06 Å². The maximum atomic E-state index is 10.8. The lowest BCUT2D eigenvalue weighted by Crippen LogP contribution is -2.23. The van der Waals surface area contributed by atoms with Crippen molar-refractivity contribution in [2.75, 3.05) is 6.61 Å². The molecule has 0 aliphatic rings. The van der Waals surface area contributed by atoms with Gasteiger partial charge in [-0.1, -0.05) is 66.7 Å². The van der Waals surface area contributed by atoms with Crippen LogP contribution in [0.4, 0.5) is 0 Å². The third-order valence-electron chi connectivity index (χ3n) is 3.35. The van der Waals surface area contributed by atoms with Crippen LogP contribution in [-0.2, 0) is 16.1 Å². The molecule has 2 rings (SSSR count). The van der Waals surface area contributed by atoms with Gasteiger partial charge in [0.05, 0.1) is 6.04 Å². The number of hydrogen-bond donors (Lipinski definition) is 1. The van der Waals surface area contributed by atoms with Crippen molar-refractivity contribution in [2.24, 2.45) is 0 Å². The van der Waals surface area contributed by atoms with Gasteiger partial charge >= 0.3 is 5.97 Å². The van der Waals surface area contributed by atoms with Gasteiger partial charge in [-0.15, -0.1) is 0 Å². The van der Waals surface area contributed by atoms with E-state index in [2.05, 4.69) is 0 Å². The van der Waals surface area contributed by atoms with Crippen LogP contribution in [0.1, 0.15) is 24.1 Å². The number of esters is 1. The van der Waals surface area contributed by atoms with Crippen LogP contribution >= 0.6 is 0 Å². The van der Waals surface area contributed by atoms with E-state index in [1.807, 2.05) is 66.7 Å². The molecule has 0 aliphatic heterocycles. The second-order valence-corrected chi connectivity index (χ2v) is 5.17. The van der Waals surface area contributed by atoms with Crippen LogP contribution in [0.3, 0.4) is 0 Å². The second-order valence-electron chi connectivity index (χ2n) is 5.17. The highest BCUT2D eigenvalue weighted by molar-refractivity contribution is 5.66. The lowest BCUT2D eigenvalue weighted by molar-refractivity contribution is -0.139. The van der Waals surface area contributed by atoms with Crippen molar-refractivity contribution in [2.45, 2.75) is 19.5 Å². The first kappa shape index (κ1) is 16.9. The van der Waals surface area contributed by atoms with Gasteiger partial charge in [-0.05, 0) is 17.2 Å². The fraction of sp³-hybridized carbons (Fsp3) is 0.211. The molecule has 0 aromatic heterocycles. The Bertz CT molecular complexity index is 626. The van der Waals surface area contributed by atoms with Gasteiger partial charge in [0, 0.05) is 13.5 Å². The van der Waals surface area contributed by atoms with E-state index in [9.17, 15) is 10.0 Å². The Morgan fingerprint density at radius 1 is 1.13 bits per heavy atom. The smallest absolute Gasteiger partial charge is 0.302 e. The Labute approximate surface area is 136 Å². The van der Waals surface area contributed by atoms with Crippen molar-refractivity contribution in [1.82, 2.24) is 5.06 Å². The van der Waals surface area contributed by atoms with E-state index >= 15 is 0 Å². The molecule has 0 amide bonds. The Balaban J connectivity index is 2.11. The molecule has 23 heavy (non-hydrogen) atoms. The number of carbonyl (C=O) groups excluding carboxylic acids is 1. The number of benzene rings is 2. The summed E-state index contributed by atoms with van der Waals surface area (Å²) in [5.74, 6) is -0.323. The van der Waals surface area contributed by atoms with Crippen LogP contribution in [0.2, 0.25) is 0 Å². The summed E-state index contributed by atoms with van der Waals surface area (Å²) in [6, 6.07) is 19.1. The molecule has 0 radical (unpaired) electrons. The van der Waals surface area contributed by atoms with Gasteiger partial charge in [0.2, 0.25) is 0 Å². The Morgan fingerprint density at radius 2 is 1.74 bits per heavy atom. The zero-order chi connectivity index (χ0) is 16.5. The largest absolute Gasteiger partial charge is 0.462 e. The molecule has 1 N–H and O–H groups in total. The van der Waals surface area contributed by atoms with Crippen molar-refractivity contribution in [3.63, 3.8) is 0 Å². The van der Waals surface area contributed by atoms with E-state index < -0.39 is 0 Å². The Kier molecular flexibility index (Phi) is 6.54.